The second kappa shape index (κ2) is 45.9. The first-order chi connectivity index (χ1) is 58.2. The van der Waals surface area contributed by atoms with Crippen molar-refractivity contribution in [1.82, 2.24) is 45.3 Å². The summed E-state index contributed by atoms with van der Waals surface area (Å²) < 4.78 is 23.4. The summed E-state index contributed by atoms with van der Waals surface area (Å²) in [4.78, 5) is 91.9. The number of ether oxygens (including phenoxy) is 2. The number of carbonyl (C=O) groups is 2. The Labute approximate surface area is 728 Å². The monoisotopic (exact) mass is 1750 g/mol. The Morgan fingerprint density at radius 3 is 1.14 bits per heavy atom. The summed E-state index contributed by atoms with van der Waals surface area (Å²) in [5.74, 6) is -0.247. The second-order valence-electron chi connectivity index (χ2n) is 29.6. The second-order valence-corrected chi connectivity index (χ2v) is 32.0. The number of nitro groups is 3. The Hall–Kier alpha value is -10.5. The number of aromatic nitrogens is 4. The van der Waals surface area contributed by atoms with Crippen LogP contribution in [0.2, 0.25) is 20.1 Å². The van der Waals surface area contributed by atoms with Gasteiger partial charge in [0.2, 0.25) is 17.7 Å². The largest absolute Gasteiger partial charge is 0.455 e. The topological polar surface area (TPSA) is 325 Å². The summed E-state index contributed by atoms with van der Waals surface area (Å²) in [5.41, 5.74) is 13.5. The van der Waals surface area contributed by atoms with Crippen molar-refractivity contribution in [3.63, 3.8) is 0 Å². The van der Waals surface area contributed by atoms with Crippen LogP contribution in [0.4, 0.5) is 72.9 Å². The van der Waals surface area contributed by atoms with E-state index in [0.29, 0.717) is 60.7 Å². The summed E-state index contributed by atoms with van der Waals surface area (Å²) in [6.45, 7) is 32.5. The molecule has 7 aliphatic heterocycles. The van der Waals surface area contributed by atoms with Gasteiger partial charge in [-0.15, -0.1) is 0 Å². The van der Waals surface area contributed by atoms with E-state index in [4.69, 9.17) is 61.6 Å². The number of nitrogens with one attached hydrogen (secondary N) is 3. The Morgan fingerprint density at radius 1 is 0.455 bits per heavy atom. The number of thioether (sulfide) groups is 1. The highest BCUT2D eigenvalue weighted by atomic mass is 35.5. The van der Waals surface area contributed by atoms with Crippen molar-refractivity contribution in [3.8, 4) is 11.8 Å². The molecule has 0 spiro atoms. The number of fused-ring (bicyclic) bond motifs is 2. The molecule has 16 rings (SSSR count). The molecule has 2 amide bonds. The van der Waals surface area contributed by atoms with Crippen molar-refractivity contribution in [2.75, 3.05) is 178 Å². The van der Waals surface area contributed by atoms with Crippen LogP contribution in [-0.2, 0) is 0 Å². The number of nitrogens with two attached hydrogens (primary N) is 1. The van der Waals surface area contributed by atoms with E-state index in [2.05, 4.69) is 136 Å². The molecule has 36 heteroatoms. The van der Waals surface area contributed by atoms with Crippen molar-refractivity contribution < 1.29 is 38.2 Å². The van der Waals surface area contributed by atoms with Gasteiger partial charge in [0.25, 0.3) is 28.9 Å². The molecule has 0 saturated carbocycles. The molecule has 9 heterocycles. The minimum absolute atomic E-state index is 0.000120. The lowest BCUT2D eigenvalue weighted by Crippen LogP contribution is -2.48. The molecule has 0 unspecified atom stereocenters. The van der Waals surface area contributed by atoms with Crippen molar-refractivity contribution in [2.24, 2.45) is 0 Å². The molecule has 30 nitrogen and oxygen atoms in total. The Morgan fingerprint density at radius 2 is 0.793 bits per heavy atom. The molecule has 0 bridgehead atoms. The lowest BCUT2D eigenvalue weighted by atomic mass is 10.2. The van der Waals surface area contributed by atoms with Crippen LogP contribution in [0.5, 0.6) is 11.8 Å². The van der Waals surface area contributed by atoms with Crippen LogP contribution in [0.3, 0.4) is 0 Å². The van der Waals surface area contributed by atoms with Gasteiger partial charge in [-0.25, -0.2) is 14.4 Å². The fourth-order valence-electron chi connectivity index (χ4n) is 13.8. The average Bonchev–Trinajstić information content (AvgIpc) is 0.775. The van der Waals surface area contributed by atoms with Gasteiger partial charge in [-0.3, -0.25) is 64.4 Å². The van der Waals surface area contributed by atoms with E-state index >= 15 is 0 Å². The Balaban J connectivity index is 0.000000156. The molecule has 644 valence electrons. The van der Waals surface area contributed by atoms with E-state index < -0.39 is 10.7 Å². The van der Waals surface area contributed by atoms with Gasteiger partial charge in [0.05, 0.1) is 46.2 Å². The number of anilines is 9. The molecule has 0 radical (unpaired) electrons. The van der Waals surface area contributed by atoms with Gasteiger partial charge < -0.3 is 50.8 Å². The van der Waals surface area contributed by atoms with Gasteiger partial charge >= 0.3 is 0 Å². The smallest absolute Gasteiger partial charge is 0.269 e. The number of rotatable bonds is 15. The number of amides is 2. The number of hydrogen-bond acceptors (Lipinski definition) is 26. The fraction of sp³-hybridized carbons (Fsp3) is 0.388. The lowest BCUT2D eigenvalue weighted by molar-refractivity contribution is -0.385. The molecule has 121 heavy (non-hydrogen) atoms. The zero-order chi connectivity index (χ0) is 86.7. The van der Waals surface area contributed by atoms with Gasteiger partial charge in [-0.2, -0.15) is 9.97 Å². The van der Waals surface area contributed by atoms with E-state index in [1.165, 1.54) is 77.7 Å². The van der Waals surface area contributed by atoms with E-state index in [0.717, 1.165) is 152 Å². The number of hydrogen-bond donors (Lipinski definition) is 4. The molecule has 5 N–H and O–H groups in total. The average molecular weight is 1760 g/mol. The zero-order valence-electron chi connectivity index (χ0n) is 68.8. The highest BCUT2D eigenvalue weighted by Crippen LogP contribution is 2.40. The van der Waals surface area contributed by atoms with Crippen LogP contribution < -0.4 is 60.6 Å². The first-order valence-corrected chi connectivity index (χ1v) is 42.8. The van der Waals surface area contributed by atoms with Crippen molar-refractivity contribution in [1.29, 1.82) is 0 Å². The van der Waals surface area contributed by atoms with Crippen LogP contribution in [0.25, 0.3) is 0 Å². The summed E-state index contributed by atoms with van der Waals surface area (Å²) in [6, 6.07) is 46.2. The van der Waals surface area contributed by atoms with Gasteiger partial charge in [-0.1, -0.05) is 76.7 Å². The van der Waals surface area contributed by atoms with Crippen LogP contribution in [0.1, 0.15) is 81.5 Å². The third-order valence-electron chi connectivity index (χ3n) is 20.8. The fourth-order valence-corrected chi connectivity index (χ4v) is 15.3. The number of halogens is 5. The predicted molar refractivity (Wildman–Crippen MR) is 482 cm³/mol. The standard InChI is InChI=1S/C25H26Cl2N6O2.C13H9Cl2N3O2S.C13H19N3O2.C13H21N3.C10H13N3O2.C6H4FNO2.C5H11N/c1-16(2)31-10-12-32(13-11-31)18-8-6-17(7-9-18)29-25-28-14-19-23(30-25)35-15-33(24(19)34)22-20(26)4-3-5-21(22)27;1-21-13-16-5-7-11(17-13)20-6-18(12(7)19)10-8(14)3-2-4-9(10)15;1-11(2)14-7-9-15(10-8-14)12-3-5-13(6-4-12)16(17)18;1-11(2)15-7-9-16(10-8-15)13-5-3-12(14)4-6-13;14-13(15)10-3-1-9(2-4-10)12-7-5-11-6-8-12;7-5-1-3-6(4-2-5)8(9)10;1-2-4-6-5-3-1/h3-9,14,16H,10-13,15H2,1-2H3,(H,28,29,30);2-5H,6H2,1H3;3-6,11H,7-10H2,1-2H3;3-6,11H,7-10,14H2,1-2H3;1-4,11H,5-8H2;1-4H;6H,1-5H2. The molecule has 0 aliphatic carbocycles. The quantitative estimate of drug-likeness (QED) is 0.0243. The summed E-state index contributed by atoms with van der Waals surface area (Å²) >= 11 is 26.2. The third-order valence-corrected chi connectivity index (χ3v) is 22.6. The number of nitrogens with zero attached hydrogens (tertiary/aromatic N) is 16. The van der Waals surface area contributed by atoms with E-state index in [9.17, 15) is 44.3 Å². The van der Waals surface area contributed by atoms with E-state index in [1.54, 1.807) is 60.7 Å². The summed E-state index contributed by atoms with van der Waals surface area (Å²) in [7, 11) is 0. The maximum atomic E-state index is 13.1. The maximum absolute atomic E-state index is 13.1. The maximum Gasteiger partial charge on any atom is 0.269 e. The van der Waals surface area contributed by atoms with Crippen molar-refractivity contribution in [3.05, 3.63) is 237 Å². The van der Waals surface area contributed by atoms with Gasteiger partial charge in [0.1, 0.15) is 16.9 Å². The number of nitrogen functional groups attached to an aromatic ring is 1. The molecular weight excluding hydrogens is 1650 g/mol. The molecule has 7 aliphatic rings. The number of piperidine rings is 1. The normalized spacial score (nSPS) is 16.1. The summed E-state index contributed by atoms with van der Waals surface area (Å²) in [5, 5.41) is 42.8. The Bertz CT molecular complexity index is 4800. The molecule has 5 saturated heterocycles. The highest BCUT2D eigenvalue weighted by Gasteiger charge is 2.34. The first kappa shape index (κ1) is 92.8. The minimum Gasteiger partial charge on any atom is -0.455 e. The number of piperazine rings is 4. The van der Waals surface area contributed by atoms with Gasteiger partial charge in [0, 0.05) is 206 Å². The van der Waals surface area contributed by atoms with Crippen LogP contribution >= 0.6 is 58.2 Å². The minimum atomic E-state index is -0.570. The third kappa shape index (κ3) is 26.7. The van der Waals surface area contributed by atoms with Gasteiger partial charge in [-0.05, 0) is 183 Å². The first-order valence-electron chi connectivity index (χ1n) is 40.0. The van der Waals surface area contributed by atoms with Crippen molar-refractivity contribution in [2.45, 2.75) is 84.1 Å². The lowest BCUT2D eigenvalue weighted by Gasteiger charge is -2.38. The van der Waals surface area contributed by atoms with Crippen LogP contribution in [0.15, 0.2) is 175 Å². The number of carbonyl (C=O) groups excluding carboxylic acids is 2. The SMILES string of the molecule is C1CCNCC1.CC(C)N1CCN(c2ccc(N)cc2)CC1.CC(C)N1CCN(c2ccc(Nc3ncc4c(n3)OCN(c3c(Cl)cccc3Cl)C4=O)cc2)CC1.CC(C)N1CCN(c2ccc([N+](=O)[O-])cc2)CC1.CSc1ncc2c(n1)OCN(c1c(Cl)cccc1Cl)C2=O.O=[N+]([O-])c1ccc(F)cc1.O=[N+]([O-])c1ccc(N2CCNCC2)cc1. The molecule has 0 atom stereocenters. The number of non-ortho nitro benzene ring substituents is 3. The highest BCUT2D eigenvalue weighted by molar-refractivity contribution is 7.98. The number of nitro benzene ring substituents is 3. The molecule has 9 aromatic rings. The molecule has 5 fully saturated rings. The zero-order valence-corrected chi connectivity index (χ0v) is 72.6. The predicted octanol–water partition coefficient (Wildman–Crippen LogP) is 16.0. The Kier molecular flexibility index (Phi) is 35.2. The summed E-state index contributed by atoms with van der Waals surface area (Å²) in [6.07, 6.45) is 8.97. The van der Waals surface area contributed by atoms with Crippen LogP contribution in [-0.4, -0.2) is 217 Å². The molecule has 2 aromatic heterocycles. The molecular formula is C85H103Cl4FN20O10S. The molecule has 7 aromatic carbocycles. The van der Waals surface area contributed by atoms with E-state index in [-0.39, 0.29) is 75.1 Å². The van der Waals surface area contributed by atoms with Crippen LogP contribution in [0, 0.1) is 36.2 Å². The number of para-hydroxylation sites is 2. The van der Waals surface area contributed by atoms with E-state index in [1.807, 2.05) is 54.8 Å². The number of benzene rings is 7. The van der Waals surface area contributed by atoms with Crippen molar-refractivity contribution >= 4 is 138 Å². The van der Waals surface area contributed by atoms with Gasteiger partial charge in [0.15, 0.2) is 18.6 Å².